The third kappa shape index (κ3) is 3.04. The zero-order valence-electron chi connectivity index (χ0n) is 14.2. The molecule has 0 radical (unpaired) electrons. The molecular formula is C22H19FO3. The maximum absolute atomic E-state index is 14.4. The molecule has 0 amide bonds. The molecule has 4 heteroatoms. The van der Waals surface area contributed by atoms with Gasteiger partial charge in [0.1, 0.15) is 23.9 Å². The van der Waals surface area contributed by atoms with Crippen LogP contribution in [0.1, 0.15) is 16.7 Å². The Balaban J connectivity index is 1.55. The first kappa shape index (κ1) is 16.6. The summed E-state index contributed by atoms with van der Waals surface area (Å²) in [5.41, 5.74) is 2.10. The monoisotopic (exact) mass is 350 g/mol. The van der Waals surface area contributed by atoms with E-state index in [1.165, 1.54) is 6.07 Å². The molecule has 0 aromatic heterocycles. The molecule has 0 atom stereocenters. The fourth-order valence-corrected chi connectivity index (χ4v) is 3.29. The van der Waals surface area contributed by atoms with Gasteiger partial charge in [0.25, 0.3) is 0 Å². The first-order valence-electron chi connectivity index (χ1n) is 8.51. The lowest BCUT2D eigenvalue weighted by Gasteiger charge is -2.42. The van der Waals surface area contributed by atoms with Crippen LogP contribution >= 0.6 is 0 Å². The summed E-state index contributed by atoms with van der Waals surface area (Å²) in [7, 11) is 0. The largest absolute Gasteiger partial charge is 0.508 e. The molecule has 26 heavy (non-hydrogen) atoms. The van der Waals surface area contributed by atoms with Crippen molar-refractivity contribution in [3.8, 4) is 11.5 Å². The van der Waals surface area contributed by atoms with Crippen LogP contribution in [0.5, 0.6) is 11.5 Å². The topological polar surface area (TPSA) is 38.7 Å². The van der Waals surface area contributed by atoms with Crippen molar-refractivity contribution in [1.29, 1.82) is 0 Å². The van der Waals surface area contributed by atoms with Gasteiger partial charge in [-0.3, -0.25) is 0 Å². The first-order chi connectivity index (χ1) is 12.7. The van der Waals surface area contributed by atoms with Crippen LogP contribution < -0.4 is 4.74 Å². The van der Waals surface area contributed by atoms with Crippen molar-refractivity contribution in [2.75, 3.05) is 13.2 Å². The highest BCUT2D eigenvalue weighted by Crippen LogP contribution is 2.41. The Hall–Kier alpha value is -2.85. The van der Waals surface area contributed by atoms with Crippen molar-refractivity contribution in [1.82, 2.24) is 0 Å². The lowest BCUT2D eigenvalue weighted by Crippen LogP contribution is -2.48. The minimum Gasteiger partial charge on any atom is -0.508 e. The molecule has 1 N–H and O–H groups in total. The Kier molecular flexibility index (Phi) is 4.35. The molecule has 4 rings (SSSR count). The van der Waals surface area contributed by atoms with Crippen LogP contribution in [0.15, 0.2) is 72.8 Å². The van der Waals surface area contributed by atoms with E-state index in [9.17, 15) is 9.50 Å². The third-order valence-electron chi connectivity index (χ3n) is 4.82. The fourth-order valence-electron chi connectivity index (χ4n) is 3.29. The van der Waals surface area contributed by atoms with Crippen LogP contribution in [0.25, 0.3) is 0 Å². The Morgan fingerprint density at radius 2 is 1.69 bits per heavy atom. The molecule has 0 bridgehead atoms. The minimum atomic E-state index is -0.518. The van der Waals surface area contributed by atoms with Gasteiger partial charge in [-0.1, -0.05) is 48.5 Å². The van der Waals surface area contributed by atoms with Gasteiger partial charge in [0, 0.05) is 11.6 Å². The molecule has 132 valence electrons. The van der Waals surface area contributed by atoms with Gasteiger partial charge >= 0.3 is 0 Å². The SMILES string of the molecule is Oc1ccc(C2(c3ccc(OCc4ccccc4)cc3)COC2)c(F)c1. The number of phenolic OH excluding ortho intramolecular Hbond substituents is 1. The second-order valence-corrected chi connectivity index (χ2v) is 6.54. The summed E-state index contributed by atoms with van der Waals surface area (Å²) in [4.78, 5) is 0. The average molecular weight is 350 g/mol. The normalized spacial score (nSPS) is 15.3. The Bertz CT molecular complexity index is 887. The van der Waals surface area contributed by atoms with Crippen molar-refractivity contribution < 1.29 is 19.0 Å². The molecule has 1 heterocycles. The van der Waals surface area contributed by atoms with E-state index in [2.05, 4.69) is 0 Å². The number of aromatic hydroxyl groups is 1. The molecule has 3 aromatic rings. The maximum atomic E-state index is 14.4. The number of ether oxygens (including phenoxy) is 2. The van der Waals surface area contributed by atoms with Gasteiger partial charge in [0.05, 0.1) is 18.6 Å². The van der Waals surface area contributed by atoms with Crippen LogP contribution in [0.2, 0.25) is 0 Å². The second kappa shape index (κ2) is 6.81. The van der Waals surface area contributed by atoms with E-state index in [1.54, 1.807) is 6.07 Å². The van der Waals surface area contributed by atoms with Gasteiger partial charge in [0.2, 0.25) is 0 Å². The number of benzene rings is 3. The standard InChI is InChI=1S/C22H19FO3/c23-21-12-18(24)8-11-20(21)22(14-25-15-22)17-6-9-19(10-7-17)26-13-16-4-2-1-3-5-16/h1-12,24H,13-15H2. The summed E-state index contributed by atoms with van der Waals surface area (Å²) < 4.78 is 25.6. The van der Waals surface area contributed by atoms with Crippen molar-refractivity contribution in [2.24, 2.45) is 0 Å². The van der Waals surface area contributed by atoms with Gasteiger partial charge in [-0.2, -0.15) is 0 Å². The summed E-state index contributed by atoms with van der Waals surface area (Å²) in [6.07, 6.45) is 0. The molecule has 3 aromatic carbocycles. The van der Waals surface area contributed by atoms with E-state index in [4.69, 9.17) is 9.47 Å². The molecule has 1 saturated heterocycles. The molecule has 0 spiro atoms. The highest BCUT2D eigenvalue weighted by molar-refractivity contribution is 5.46. The van der Waals surface area contributed by atoms with E-state index in [0.29, 0.717) is 25.4 Å². The van der Waals surface area contributed by atoms with Crippen LogP contribution in [0.4, 0.5) is 4.39 Å². The summed E-state index contributed by atoms with van der Waals surface area (Å²) in [6.45, 7) is 1.33. The van der Waals surface area contributed by atoms with Crippen molar-refractivity contribution in [3.05, 3.63) is 95.3 Å². The lowest BCUT2D eigenvalue weighted by atomic mass is 9.72. The van der Waals surface area contributed by atoms with E-state index < -0.39 is 11.2 Å². The molecule has 1 fully saturated rings. The van der Waals surface area contributed by atoms with Crippen LogP contribution in [0.3, 0.4) is 0 Å². The lowest BCUT2D eigenvalue weighted by molar-refractivity contribution is -0.0395. The zero-order valence-corrected chi connectivity index (χ0v) is 14.2. The van der Waals surface area contributed by atoms with E-state index >= 15 is 0 Å². The smallest absolute Gasteiger partial charge is 0.131 e. The molecule has 0 unspecified atom stereocenters. The molecule has 1 aliphatic heterocycles. The van der Waals surface area contributed by atoms with Gasteiger partial charge in [0.15, 0.2) is 0 Å². The summed E-state index contributed by atoms with van der Waals surface area (Å²) in [5.74, 6) is 0.267. The van der Waals surface area contributed by atoms with Crippen molar-refractivity contribution in [2.45, 2.75) is 12.0 Å². The zero-order chi connectivity index (χ0) is 18.0. The number of hydrogen-bond donors (Lipinski definition) is 1. The number of hydrogen-bond acceptors (Lipinski definition) is 3. The predicted octanol–water partition coefficient (Wildman–Crippen LogP) is 4.43. The number of phenols is 1. The number of rotatable bonds is 5. The number of halogens is 1. The van der Waals surface area contributed by atoms with E-state index in [1.807, 2.05) is 54.6 Å². The fraction of sp³-hybridized carbons (Fsp3) is 0.182. The Labute approximate surface area is 151 Å². The minimum absolute atomic E-state index is 0.0775. The summed E-state index contributed by atoms with van der Waals surface area (Å²) >= 11 is 0. The van der Waals surface area contributed by atoms with Crippen LogP contribution in [0, 0.1) is 5.82 Å². The maximum Gasteiger partial charge on any atom is 0.131 e. The first-order valence-corrected chi connectivity index (χ1v) is 8.51. The average Bonchev–Trinajstić information content (AvgIpc) is 2.63. The summed E-state index contributed by atoms with van der Waals surface area (Å²) in [5, 5.41) is 9.47. The van der Waals surface area contributed by atoms with E-state index in [-0.39, 0.29) is 5.75 Å². The van der Waals surface area contributed by atoms with Crippen molar-refractivity contribution >= 4 is 0 Å². The summed E-state index contributed by atoms with van der Waals surface area (Å²) in [6, 6.07) is 22.0. The Morgan fingerprint density at radius 3 is 2.31 bits per heavy atom. The van der Waals surface area contributed by atoms with Gasteiger partial charge in [-0.05, 0) is 29.3 Å². The predicted molar refractivity (Wildman–Crippen MR) is 96.9 cm³/mol. The second-order valence-electron chi connectivity index (χ2n) is 6.54. The van der Waals surface area contributed by atoms with Gasteiger partial charge < -0.3 is 14.6 Å². The van der Waals surface area contributed by atoms with E-state index in [0.717, 1.165) is 22.9 Å². The van der Waals surface area contributed by atoms with Crippen LogP contribution in [-0.4, -0.2) is 18.3 Å². The molecule has 0 saturated carbocycles. The highest BCUT2D eigenvalue weighted by atomic mass is 19.1. The molecule has 0 aliphatic carbocycles. The molecular weight excluding hydrogens is 331 g/mol. The molecule has 1 aliphatic rings. The molecule has 3 nitrogen and oxygen atoms in total. The quantitative estimate of drug-likeness (QED) is 0.740. The van der Waals surface area contributed by atoms with Gasteiger partial charge in [-0.15, -0.1) is 0 Å². The highest BCUT2D eigenvalue weighted by Gasteiger charge is 2.43. The third-order valence-corrected chi connectivity index (χ3v) is 4.82. The van der Waals surface area contributed by atoms with Crippen LogP contribution in [-0.2, 0) is 16.8 Å². The van der Waals surface area contributed by atoms with Gasteiger partial charge in [-0.25, -0.2) is 4.39 Å². The Morgan fingerprint density at radius 1 is 0.962 bits per heavy atom. The van der Waals surface area contributed by atoms with Crippen molar-refractivity contribution in [3.63, 3.8) is 0 Å².